The average Bonchev–Trinajstić information content (AvgIpc) is 2.61. The van der Waals surface area contributed by atoms with Crippen molar-refractivity contribution in [2.24, 2.45) is 0 Å². The van der Waals surface area contributed by atoms with E-state index < -0.39 is 12.3 Å². The van der Waals surface area contributed by atoms with Gasteiger partial charge in [-0.3, -0.25) is 4.79 Å². The number of hydrogen-bond donors (Lipinski definition) is 1. The molecule has 2 aromatic rings. The Morgan fingerprint density at radius 1 is 1.21 bits per heavy atom. The third kappa shape index (κ3) is 6.30. The largest absolute Gasteiger partial charge is 0.573 e. The molecule has 0 spiro atoms. The van der Waals surface area contributed by atoms with Crippen LogP contribution in [0.2, 0.25) is 0 Å². The number of rotatable bonds is 6. The molecule has 0 aliphatic carbocycles. The monoisotopic (exact) mass is 426 g/mol. The van der Waals surface area contributed by atoms with Crippen molar-refractivity contribution in [3.8, 4) is 5.75 Å². The third-order valence-electron chi connectivity index (χ3n) is 4.48. The molecule has 1 heterocycles. The number of carboxylic acids is 1. The summed E-state index contributed by atoms with van der Waals surface area (Å²) in [6.07, 6.45) is -4.70. The molecule has 1 aliphatic rings. The van der Waals surface area contributed by atoms with Crippen LogP contribution in [-0.4, -0.2) is 47.4 Å². The van der Waals surface area contributed by atoms with Gasteiger partial charge < -0.3 is 14.7 Å². The molecule has 1 atom stereocenters. The van der Waals surface area contributed by atoms with Gasteiger partial charge in [0.1, 0.15) is 5.75 Å². The van der Waals surface area contributed by atoms with Crippen molar-refractivity contribution in [2.75, 3.05) is 24.5 Å². The van der Waals surface area contributed by atoms with E-state index >= 15 is 0 Å². The van der Waals surface area contributed by atoms with Gasteiger partial charge in [-0.1, -0.05) is 12.1 Å². The number of ether oxygens (including phenoxy) is 1. The van der Waals surface area contributed by atoms with Crippen LogP contribution in [-0.2, 0) is 11.2 Å². The van der Waals surface area contributed by atoms with Gasteiger partial charge in [0.2, 0.25) is 0 Å². The topological polar surface area (TPSA) is 53.0 Å². The van der Waals surface area contributed by atoms with Gasteiger partial charge in [-0.15, -0.1) is 13.2 Å². The van der Waals surface area contributed by atoms with Crippen LogP contribution in [0.25, 0.3) is 0 Å². The van der Waals surface area contributed by atoms with Crippen molar-refractivity contribution >= 4 is 23.6 Å². The maximum Gasteiger partial charge on any atom is 0.573 e. The van der Waals surface area contributed by atoms with E-state index in [9.17, 15) is 18.0 Å². The molecule has 5 nitrogen and oxygen atoms in total. The average molecular weight is 426 g/mol. The highest BCUT2D eigenvalue weighted by atomic mass is 32.2. The van der Waals surface area contributed by atoms with Crippen molar-refractivity contribution in [1.29, 1.82) is 0 Å². The molecule has 2 aromatic carbocycles. The number of hydrogen-bond acceptors (Lipinski definition) is 5. The summed E-state index contributed by atoms with van der Waals surface area (Å²) in [4.78, 5) is 14.0. The molecule has 156 valence electrons. The van der Waals surface area contributed by atoms with Crippen molar-refractivity contribution in [1.82, 2.24) is 4.31 Å². The summed E-state index contributed by atoms with van der Waals surface area (Å²) in [5.74, 6) is -1.09. The van der Waals surface area contributed by atoms with Gasteiger partial charge in [0.15, 0.2) is 0 Å². The molecule has 0 saturated carbocycles. The smallest absolute Gasteiger partial charge is 0.481 e. The van der Waals surface area contributed by atoms with Gasteiger partial charge in [-0.05, 0) is 60.8 Å². The SMILES string of the molecule is CC1CN(Sc2cccc(CC(=O)O)c2)CCN1c1ccc(OC(F)(F)F)cc1. The van der Waals surface area contributed by atoms with Gasteiger partial charge in [0.05, 0.1) is 6.42 Å². The number of nitrogens with zero attached hydrogens (tertiary/aromatic N) is 2. The number of piperazine rings is 1. The molecule has 9 heteroatoms. The molecule has 0 bridgehead atoms. The third-order valence-corrected chi connectivity index (χ3v) is 5.54. The van der Waals surface area contributed by atoms with Gasteiger partial charge in [0, 0.05) is 36.3 Å². The van der Waals surface area contributed by atoms with E-state index in [0.717, 1.165) is 35.8 Å². The van der Waals surface area contributed by atoms with Gasteiger partial charge in [-0.25, -0.2) is 4.31 Å². The van der Waals surface area contributed by atoms with Crippen molar-refractivity contribution in [2.45, 2.75) is 30.6 Å². The Hall–Kier alpha value is -2.39. The Morgan fingerprint density at radius 3 is 2.55 bits per heavy atom. The van der Waals surface area contributed by atoms with Crippen LogP contribution in [0, 0.1) is 0 Å². The highest BCUT2D eigenvalue weighted by molar-refractivity contribution is 7.97. The highest BCUT2D eigenvalue weighted by Crippen LogP contribution is 2.30. The maximum absolute atomic E-state index is 12.3. The first-order valence-electron chi connectivity index (χ1n) is 9.06. The summed E-state index contributed by atoms with van der Waals surface area (Å²) in [6, 6.07) is 13.6. The molecule has 1 aliphatic heterocycles. The van der Waals surface area contributed by atoms with Crippen LogP contribution in [0.15, 0.2) is 53.4 Å². The van der Waals surface area contributed by atoms with E-state index in [0.29, 0.717) is 0 Å². The van der Waals surface area contributed by atoms with Crippen LogP contribution in [0.5, 0.6) is 5.75 Å². The Morgan fingerprint density at radius 2 is 1.93 bits per heavy atom. The Kier molecular flexibility index (Phi) is 6.59. The minimum Gasteiger partial charge on any atom is -0.481 e. The summed E-state index contributed by atoms with van der Waals surface area (Å²) < 4.78 is 43.0. The number of anilines is 1. The first-order chi connectivity index (χ1) is 13.7. The number of aliphatic carboxylic acids is 1. The summed E-state index contributed by atoms with van der Waals surface area (Å²) in [6.45, 7) is 4.31. The first-order valence-corrected chi connectivity index (χ1v) is 9.83. The lowest BCUT2D eigenvalue weighted by molar-refractivity contribution is -0.274. The molecule has 29 heavy (non-hydrogen) atoms. The second kappa shape index (κ2) is 8.96. The van der Waals surface area contributed by atoms with Crippen LogP contribution < -0.4 is 9.64 Å². The van der Waals surface area contributed by atoms with E-state index in [1.54, 1.807) is 30.1 Å². The molecule has 0 amide bonds. The minimum atomic E-state index is -4.70. The lowest BCUT2D eigenvalue weighted by atomic mass is 10.1. The molecular formula is C20H21F3N2O3S. The van der Waals surface area contributed by atoms with Crippen molar-refractivity contribution < 1.29 is 27.8 Å². The zero-order valence-corrected chi connectivity index (χ0v) is 16.5. The fraction of sp³-hybridized carbons (Fsp3) is 0.350. The number of halogens is 3. The fourth-order valence-electron chi connectivity index (χ4n) is 3.27. The fourth-order valence-corrected chi connectivity index (χ4v) is 4.37. The standard InChI is InChI=1S/C20H21F3N2O3S/c1-14-13-24(29-18-4-2-3-15(11-18)12-19(26)27)9-10-25(14)16-5-7-17(8-6-16)28-20(21,22)23/h2-8,11,14H,9-10,12-13H2,1H3,(H,26,27). The number of benzene rings is 2. The molecule has 1 N–H and O–H groups in total. The zero-order chi connectivity index (χ0) is 21.0. The maximum atomic E-state index is 12.3. The predicted octanol–water partition coefficient (Wildman–Crippen LogP) is 4.43. The Bertz CT molecular complexity index is 846. The van der Waals surface area contributed by atoms with Crippen LogP contribution in [0.1, 0.15) is 12.5 Å². The van der Waals surface area contributed by atoms with E-state index in [1.165, 1.54) is 12.1 Å². The Balaban J connectivity index is 1.58. The first kappa shape index (κ1) is 21.3. The van der Waals surface area contributed by atoms with Crippen molar-refractivity contribution in [3.63, 3.8) is 0 Å². The summed E-state index contributed by atoms with van der Waals surface area (Å²) in [5.41, 5.74) is 1.61. The van der Waals surface area contributed by atoms with E-state index in [2.05, 4.69) is 20.9 Å². The summed E-state index contributed by atoms with van der Waals surface area (Å²) >= 11 is 1.58. The normalized spacial score (nSPS) is 17.9. The summed E-state index contributed by atoms with van der Waals surface area (Å²) in [7, 11) is 0. The molecule has 1 saturated heterocycles. The number of carbonyl (C=O) groups is 1. The minimum absolute atomic E-state index is 0.00731. The molecule has 1 unspecified atom stereocenters. The second-order valence-corrected chi connectivity index (χ2v) is 7.95. The van der Waals surface area contributed by atoms with E-state index in [-0.39, 0.29) is 18.2 Å². The van der Waals surface area contributed by atoms with Gasteiger partial charge in [-0.2, -0.15) is 0 Å². The molecular weight excluding hydrogens is 405 g/mol. The second-order valence-electron chi connectivity index (χ2n) is 6.78. The number of alkyl halides is 3. The van der Waals surface area contributed by atoms with Crippen LogP contribution >= 0.6 is 11.9 Å². The summed E-state index contributed by atoms with van der Waals surface area (Å²) in [5, 5.41) is 8.94. The lowest BCUT2D eigenvalue weighted by Crippen LogP contribution is -2.49. The van der Waals surface area contributed by atoms with E-state index in [4.69, 9.17) is 5.11 Å². The quantitative estimate of drug-likeness (QED) is 0.690. The van der Waals surface area contributed by atoms with Crippen LogP contribution in [0.3, 0.4) is 0 Å². The zero-order valence-electron chi connectivity index (χ0n) is 15.7. The molecule has 0 aromatic heterocycles. The van der Waals surface area contributed by atoms with Crippen LogP contribution in [0.4, 0.5) is 18.9 Å². The molecule has 3 rings (SSSR count). The highest BCUT2D eigenvalue weighted by Gasteiger charge is 2.31. The van der Waals surface area contributed by atoms with Gasteiger partial charge >= 0.3 is 12.3 Å². The lowest BCUT2D eigenvalue weighted by Gasteiger charge is -2.40. The Labute approximate surface area is 171 Å². The molecule has 1 fully saturated rings. The van der Waals surface area contributed by atoms with Gasteiger partial charge in [0.25, 0.3) is 0 Å². The number of carboxylic acid groups (broad SMARTS) is 1. The van der Waals surface area contributed by atoms with E-state index in [1.807, 2.05) is 18.2 Å². The molecule has 0 radical (unpaired) electrons. The predicted molar refractivity (Wildman–Crippen MR) is 105 cm³/mol. The van der Waals surface area contributed by atoms with Crippen molar-refractivity contribution in [3.05, 3.63) is 54.1 Å².